The number of benzene rings is 1. The number of carbonyl (C=O) groups excluding carboxylic acids is 2. The van der Waals surface area contributed by atoms with Crippen LogP contribution in [0.1, 0.15) is 23.2 Å². The van der Waals surface area contributed by atoms with Gasteiger partial charge in [-0.3, -0.25) is 14.4 Å². The molecule has 0 aliphatic heterocycles. The van der Waals surface area contributed by atoms with Gasteiger partial charge in [-0.1, -0.05) is 0 Å². The number of primary amides is 1. The highest BCUT2D eigenvalue weighted by Gasteiger charge is 2.88. The van der Waals surface area contributed by atoms with E-state index in [1.807, 2.05) is 0 Å². The largest absolute Gasteiger partial charge is 0.505 e. The molecule has 2 aliphatic carbocycles. The number of esters is 1. The van der Waals surface area contributed by atoms with Gasteiger partial charge in [-0.25, -0.2) is 0 Å². The molecule has 10 nitrogen and oxygen atoms in total. The molecule has 1 amide bonds. The quantitative estimate of drug-likeness (QED) is 0.149. The van der Waals surface area contributed by atoms with Gasteiger partial charge in [-0.05, 0) is 18.6 Å². The van der Waals surface area contributed by atoms with Crippen molar-refractivity contribution >= 4 is 23.5 Å². The van der Waals surface area contributed by atoms with E-state index < -0.39 is 58.6 Å². The number of ether oxygens (including phenoxy) is 1. The average molecular weight is 366 g/mol. The molecule has 10 heteroatoms. The zero-order valence-corrected chi connectivity index (χ0v) is 13.5. The van der Waals surface area contributed by atoms with Crippen LogP contribution in [0.3, 0.4) is 0 Å². The van der Waals surface area contributed by atoms with Crippen molar-refractivity contribution in [1.82, 2.24) is 0 Å². The molecule has 8 N–H and O–H groups in total. The first kappa shape index (κ1) is 18.0. The highest BCUT2D eigenvalue weighted by Crippen LogP contribution is 2.77. The summed E-state index contributed by atoms with van der Waals surface area (Å²) < 4.78 is 4.98. The molecule has 0 bridgehead atoms. The molecule has 2 saturated carbocycles. The SMILES string of the molecule is NC(=O)c1c(OC(=O)CCC(O)C2(O)C3C(C(=O)O)C32)ccc(N)c1O. The Balaban J connectivity index is 1.57. The lowest BCUT2D eigenvalue weighted by molar-refractivity contribution is -0.146. The summed E-state index contributed by atoms with van der Waals surface area (Å²) in [6, 6.07) is 2.43. The third-order valence-electron chi connectivity index (χ3n) is 5.06. The number of aliphatic hydroxyl groups excluding tert-OH is 1. The van der Waals surface area contributed by atoms with Crippen LogP contribution in [-0.4, -0.2) is 50.0 Å². The zero-order valence-electron chi connectivity index (χ0n) is 13.5. The molecule has 0 saturated heterocycles. The molecule has 3 unspecified atom stereocenters. The minimum absolute atomic E-state index is 0.114. The number of aromatic hydroxyl groups is 1. The van der Waals surface area contributed by atoms with Gasteiger partial charge in [0.05, 0.1) is 23.3 Å². The number of rotatable bonds is 7. The highest BCUT2D eigenvalue weighted by atomic mass is 16.5. The summed E-state index contributed by atoms with van der Waals surface area (Å²) >= 11 is 0. The smallest absolute Gasteiger partial charge is 0.311 e. The van der Waals surface area contributed by atoms with Gasteiger partial charge in [0.1, 0.15) is 11.3 Å². The van der Waals surface area contributed by atoms with Gasteiger partial charge in [0.15, 0.2) is 5.75 Å². The van der Waals surface area contributed by atoms with E-state index in [0.717, 1.165) is 0 Å². The lowest BCUT2D eigenvalue weighted by atomic mass is 9.92. The summed E-state index contributed by atoms with van der Waals surface area (Å²) in [5.74, 6) is -5.37. The summed E-state index contributed by atoms with van der Waals surface area (Å²) in [5.41, 5.74) is 8.57. The van der Waals surface area contributed by atoms with E-state index in [1.165, 1.54) is 12.1 Å². The van der Waals surface area contributed by atoms with E-state index in [0.29, 0.717) is 0 Å². The predicted octanol–water partition coefficient (Wildman–Crippen LogP) is -1.19. The summed E-state index contributed by atoms with van der Waals surface area (Å²) in [5, 5.41) is 38.7. The van der Waals surface area contributed by atoms with Crippen molar-refractivity contribution in [1.29, 1.82) is 0 Å². The standard InChI is InChI=1S/C16H18N2O8/c17-5-1-2-6(9(13(5)21)14(18)22)26-8(20)4-3-7(19)16(25)11-10(12(11)16)15(23)24/h1-2,7,10-12,19,21,25H,3-4,17H2,(H2,18,22)(H,23,24). The van der Waals surface area contributed by atoms with Crippen LogP contribution in [0.4, 0.5) is 5.69 Å². The van der Waals surface area contributed by atoms with Gasteiger partial charge in [0.2, 0.25) is 0 Å². The van der Waals surface area contributed by atoms with E-state index in [9.17, 15) is 29.7 Å². The van der Waals surface area contributed by atoms with E-state index >= 15 is 0 Å². The second-order valence-electron chi connectivity index (χ2n) is 6.57. The Morgan fingerprint density at radius 2 is 1.88 bits per heavy atom. The first-order chi connectivity index (χ1) is 12.1. The zero-order chi connectivity index (χ0) is 19.4. The van der Waals surface area contributed by atoms with E-state index in [2.05, 4.69) is 0 Å². The van der Waals surface area contributed by atoms with Crippen molar-refractivity contribution in [3.63, 3.8) is 0 Å². The van der Waals surface area contributed by atoms with Crippen LogP contribution in [0.25, 0.3) is 0 Å². The van der Waals surface area contributed by atoms with E-state index in [4.69, 9.17) is 21.3 Å². The van der Waals surface area contributed by atoms with Crippen molar-refractivity contribution in [2.24, 2.45) is 23.5 Å². The molecular formula is C16H18N2O8. The number of amides is 1. The summed E-state index contributed by atoms with van der Waals surface area (Å²) in [4.78, 5) is 34.1. The Labute approximate surface area is 147 Å². The molecule has 1 aromatic carbocycles. The minimum atomic E-state index is -1.47. The Kier molecular flexibility index (Phi) is 4.04. The van der Waals surface area contributed by atoms with Crippen molar-refractivity contribution in [2.75, 3.05) is 5.73 Å². The fourth-order valence-corrected chi connectivity index (χ4v) is 3.54. The van der Waals surface area contributed by atoms with Crippen LogP contribution in [0.2, 0.25) is 0 Å². The molecular weight excluding hydrogens is 348 g/mol. The van der Waals surface area contributed by atoms with Gasteiger partial charge in [-0.2, -0.15) is 0 Å². The van der Waals surface area contributed by atoms with Crippen LogP contribution in [-0.2, 0) is 9.59 Å². The third kappa shape index (κ3) is 2.63. The maximum absolute atomic E-state index is 11.9. The number of carboxylic acids is 1. The monoisotopic (exact) mass is 366 g/mol. The fraction of sp³-hybridized carbons (Fsp3) is 0.438. The van der Waals surface area contributed by atoms with Gasteiger partial charge in [-0.15, -0.1) is 0 Å². The van der Waals surface area contributed by atoms with Crippen molar-refractivity contribution in [3.05, 3.63) is 17.7 Å². The molecule has 140 valence electrons. The maximum atomic E-state index is 11.9. The molecule has 0 spiro atoms. The number of aliphatic hydroxyl groups is 2. The number of anilines is 1. The second kappa shape index (κ2) is 5.85. The molecule has 2 fully saturated rings. The summed E-state index contributed by atoms with van der Waals surface area (Å²) in [6.45, 7) is 0. The Morgan fingerprint density at radius 1 is 1.27 bits per heavy atom. The number of nitrogen functional groups attached to an aromatic ring is 1. The number of aliphatic carboxylic acids is 1. The fourth-order valence-electron chi connectivity index (χ4n) is 3.54. The van der Waals surface area contributed by atoms with Crippen LogP contribution in [0.15, 0.2) is 12.1 Å². The molecule has 3 rings (SSSR count). The number of carbonyl (C=O) groups is 3. The van der Waals surface area contributed by atoms with E-state index in [-0.39, 0.29) is 24.3 Å². The number of carboxylic acid groups (broad SMARTS) is 1. The molecule has 0 radical (unpaired) electrons. The number of fused-ring (bicyclic) bond motifs is 1. The normalized spacial score (nSPS) is 29.4. The van der Waals surface area contributed by atoms with Gasteiger partial charge in [0.25, 0.3) is 5.91 Å². The van der Waals surface area contributed by atoms with Crippen LogP contribution < -0.4 is 16.2 Å². The van der Waals surface area contributed by atoms with Gasteiger partial charge in [0, 0.05) is 18.3 Å². The molecule has 0 aromatic heterocycles. The molecule has 0 heterocycles. The average Bonchev–Trinajstić information content (AvgIpc) is 3.44. The Morgan fingerprint density at radius 3 is 2.42 bits per heavy atom. The summed E-state index contributed by atoms with van der Waals surface area (Å²) in [6.07, 6.45) is -1.72. The predicted molar refractivity (Wildman–Crippen MR) is 85.0 cm³/mol. The van der Waals surface area contributed by atoms with Gasteiger partial charge < -0.3 is 36.6 Å². The van der Waals surface area contributed by atoms with Crippen molar-refractivity contribution in [2.45, 2.75) is 24.5 Å². The van der Waals surface area contributed by atoms with Crippen LogP contribution >= 0.6 is 0 Å². The lowest BCUT2D eigenvalue weighted by Crippen LogP contribution is -2.40. The minimum Gasteiger partial charge on any atom is -0.505 e. The molecule has 1 aromatic rings. The third-order valence-corrected chi connectivity index (χ3v) is 5.06. The molecule has 3 atom stereocenters. The Bertz CT molecular complexity index is 798. The van der Waals surface area contributed by atoms with Gasteiger partial charge >= 0.3 is 11.9 Å². The number of phenols is 1. The topological polar surface area (TPSA) is 193 Å². The first-order valence-electron chi connectivity index (χ1n) is 7.85. The molecule has 26 heavy (non-hydrogen) atoms. The summed E-state index contributed by atoms with van der Waals surface area (Å²) in [7, 11) is 0. The highest BCUT2D eigenvalue weighted by molar-refractivity contribution is 6.00. The van der Waals surface area contributed by atoms with Crippen molar-refractivity contribution in [3.8, 4) is 11.5 Å². The number of hydrogen-bond acceptors (Lipinski definition) is 8. The lowest BCUT2D eigenvalue weighted by Gasteiger charge is -2.24. The second-order valence-corrected chi connectivity index (χ2v) is 6.57. The number of hydrogen-bond donors (Lipinski definition) is 6. The molecule has 2 aliphatic rings. The van der Waals surface area contributed by atoms with E-state index in [1.54, 1.807) is 0 Å². The number of nitrogens with two attached hydrogens (primary N) is 2. The van der Waals surface area contributed by atoms with Crippen molar-refractivity contribution < 1.29 is 39.5 Å². The maximum Gasteiger partial charge on any atom is 0.311 e. The Hall–Kier alpha value is -2.85. The first-order valence-corrected chi connectivity index (χ1v) is 7.85. The van der Waals surface area contributed by atoms with Crippen LogP contribution in [0.5, 0.6) is 11.5 Å². The van der Waals surface area contributed by atoms with Crippen LogP contribution in [0, 0.1) is 17.8 Å².